The Bertz CT molecular complexity index is 350. The van der Waals surface area contributed by atoms with E-state index < -0.39 is 11.7 Å². The first-order valence-electron chi connectivity index (χ1n) is 4.80. The summed E-state index contributed by atoms with van der Waals surface area (Å²) in [6, 6.07) is 3.76. The van der Waals surface area contributed by atoms with Gasteiger partial charge in [0.15, 0.2) is 0 Å². The second-order valence-electron chi connectivity index (χ2n) is 3.41. The van der Waals surface area contributed by atoms with Crippen LogP contribution in [0.2, 0.25) is 0 Å². The normalized spacial score (nSPS) is 11.8. The number of hydrogen-bond donors (Lipinski definition) is 0. The van der Waals surface area contributed by atoms with E-state index in [4.69, 9.17) is 11.6 Å². The third-order valence-corrected chi connectivity index (χ3v) is 3.11. The Morgan fingerprint density at radius 2 is 1.88 bits per heavy atom. The Hall–Kier alpha value is -0.220. The van der Waals surface area contributed by atoms with Crippen molar-refractivity contribution in [3.8, 4) is 0 Å². The summed E-state index contributed by atoms with van der Waals surface area (Å²) < 4.78 is 37.3. The monoisotopic (exact) mass is 314 g/mol. The van der Waals surface area contributed by atoms with Gasteiger partial charge in [-0.3, -0.25) is 0 Å². The first kappa shape index (κ1) is 13.8. The summed E-state index contributed by atoms with van der Waals surface area (Å²) in [5.41, 5.74) is 0.825. The van der Waals surface area contributed by atoms with Crippen molar-refractivity contribution < 1.29 is 13.2 Å². The number of rotatable bonds is 4. The van der Waals surface area contributed by atoms with Crippen LogP contribution in [0.25, 0.3) is 0 Å². The van der Waals surface area contributed by atoms with Gasteiger partial charge in [0.05, 0.1) is 5.56 Å². The van der Waals surface area contributed by atoms with E-state index in [1.54, 1.807) is 0 Å². The largest absolute Gasteiger partial charge is 0.416 e. The van der Waals surface area contributed by atoms with Gasteiger partial charge in [0.2, 0.25) is 0 Å². The Balaban J connectivity index is 2.97. The molecule has 0 radical (unpaired) electrons. The summed E-state index contributed by atoms with van der Waals surface area (Å²) >= 11 is 8.94. The molecule has 0 aromatic heterocycles. The molecular formula is C11H11BrClF3. The molecule has 0 fully saturated rings. The minimum atomic E-state index is -4.30. The van der Waals surface area contributed by atoms with Gasteiger partial charge in [0.25, 0.3) is 0 Å². The highest BCUT2D eigenvalue weighted by Crippen LogP contribution is 2.31. The molecule has 0 aliphatic carbocycles. The number of alkyl halides is 5. The van der Waals surface area contributed by atoms with E-state index in [1.165, 1.54) is 6.07 Å². The Kier molecular flexibility index (Phi) is 5.12. The van der Waals surface area contributed by atoms with Gasteiger partial charge in [-0.2, -0.15) is 13.2 Å². The van der Waals surface area contributed by atoms with E-state index in [2.05, 4.69) is 15.9 Å². The zero-order valence-corrected chi connectivity index (χ0v) is 10.8. The molecule has 0 spiro atoms. The number of hydrogen-bond acceptors (Lipinski definition) is 0. The van der Waals surface area contributed by atoms with Crippen LogP contribution in [0.1, 0.15) is 23.1 Å². The van der Waals surface area contributed by atoms with Crippen molar-refractivity contribution in [1.29, 1.82) is 0 Å². The fourth-order valence-corrected chi connectivity index (χ4v) is 1.96. The summed E-state index contributed by atoms with van der Waals surface area (Å²) in [6.07, 6.45) is -2.67. The molecule has 0 atom stereocenters. The van der Waals surface area contributed by atoms with E-state index in [0.717, 1.165) is 35.9 Å². The molecule has 90 valence electrons. The van der Waals surface area contributed by atoms with Crippen LogP contribution in [0, 0.1) is 0 Å². The highest BCUT2D eigenvalue weighted by atomic mass is 79.9. The van der Waals surface area contributed by atoms with Crippen LogP contribution in [0.3, 0.4) is 0 Å². The van der Waals surface area contributed by atoms with Crippen LogP contribution in [0.15, 0.2) is 18.2 Å². The van der Waals surface area contributed by atoms with Crippen molar-refractivity contribution in [2.75, 3.05) is 5.33 Å². The Labute approximate surface area is 106 Å². The second-order valence-corrected chi connectivity index (χ2v) is 4.47. The van der Waals surface area contributed by atoms with Crippen molar-refractivity contribution >= 4 is 27.5 Å². The van der Waals surface area contributed by atoms with Gasteiger partial charge in [-0.15, -0.1) is 11.6 Å². The van der Waals surface area contributed by atoms with Gasteiger partial charge in [-0.25, -0.2) is 0 Å². The molecule has 0 amide bonds. The quantitative estimate of drug-likeness (QED) is 0.702. The summed E-state index contributed by atoms with van der Waals surface area (Å²) in [5, 5.41) is 0.829. The first-order chi connectivity index (χ1) is 7.49. The molecule has 0 N–H and O–H groups in total. The lowest BCUT2D eigenvalue weighted by atomic mass is 10.0. The van der Waals surface area contributed by atoms with Gasteiger partial charge in [-0.05, 0) is 36.1 Å². The lowest BCUT2D eigenvalue weighted by molar-refractivity contribution is -0.137. The fraction of sp³-hybridized carbons (Fsp3) is 0.455. The molecule has 0 bridgehead atoms. The fourth-order valence-electron chi connectivity index (χ4n) is 1.43. The zero-order chi connectivity index (χ0) is 12.2. The molecule has 0 saturated carbocycles. The van der Waals surface area contributed by atoms with Crippen LogP contribution < -0.4 is 0 Å². The maximum Gasteiger partial charge on any atom is 0.416 e. The summed E-state index contributed by atoms with van der Waals surface area (Å²) in [6.45, 7) is 0. The number of benzene rings is 1. The van der Waals surface area contributed by atoms with Crippen molar-refractivity contribution in [2.24, 2.45) is 0 Å². The molecule has 0 heterocycles. The third kappa shape index (κ3) is 3.67. The summed E-state index contributed by atoms with van der Waals surface area (Å²) in [7, 11) is 0. The molecule has 0 aliphatic rings. The minimum Gasteiger partial charge on any atom is -0.166 e. The summed E-state index contributed by atoms with van der Waals surface area (Å²) in [4.78, 5) is 0. The van der Waals surface area contributed by atoms with Gasteiger partial charge >= 0.3 is 6.18 Å². The Morgan fingerprint density at radius 1 is 1.19 bits per heavy atom. The summed E-state index contributed by atoms with van der Waals surface area (Å²) in [5.74, 6) is 0.113. The van der Waals surface area contributed by atoms with Crippen LogP contribution >= 0.6 is 27.5 Å². The van der Waals surface area contributed by atoms with E-state index in [0.29, 0.717) is 5.56 Å². The molecule has 0 unspecified atom stereocenters. The number of halogens is 5. The first-order valence-corrected chi connectivity index (χ1v) is 6.45. The van der Waals surface area contributed by atoms with Gasteiger partial charge < -0.3 is 0 Å². The Morgan fingerprint density at radius 3 is 2.38 bits per heavy atom. The average molecular weight is 316 g/mol. The standard InChI is InChI=1S/C11H11BrClF3/c12-5-1-2-8-3-4-10(11(14,15)16)6-9(8)7-13/h3-4,6H,1-2,5,7H2. The predicted octanol–water partition coefficient (Wildman–Crippen LogP) is 4.77. The predicted molar refractivity (Wildman–Crippen MR) is 63.1 cm³/mol. The van der Waals surface area contributed by atoms with Crippen LogP contribution in [-0.2, 0) is 18.5 Å². The molecule has 5 heteroatoms. The van der Waals surface area contributed by atoms with Crippen molar-refractivity contribution in [2.45, 2.75) is 24.9 Å². The van der Waals surface area contributed by atoms with Gasteiger partial charge in [0.1, 0.15) is 0 Å². The number of aryl methyl sites for hydroxylation is 1. The van der Waals surface area contributed by atoms with Crippen molar-refractivity contribution in [3.63, 3.8) is 0 Å². The molecule has 0 aliphatic heterocycles. The van der Waals surface area contributed by atoms with Crippen LogP contribution in [0.4, 0.5) is 13.2 Å². The lowest BCUT2D eigenvalue weighted by Gasteiger charge is -2.11. The van der Waals surface area contributed by atoms with Crippen molar-refractivity contribution in [1.82, 2.24) is 0 Å². The average Bonchev–Trinajstić information content (AvgIpc) is 2.24. The van der Waals surface area contributed by atoms with E-state index in [1.807, 2.05) is 0 Å². The van der Waals surface area contributed by atoms with E-state index in [9.17, 15) is 13.2 Å². The lowest BCUT2D eigenvalue weighted by Crippen LogP contribution is -2.06. The highest BCUT2D eigenvalue weighted by Gasteiger charge is 2.30. The van der Waals surface area contributed by atoms with Gasteiger partial charge in [-0.1, -0.05) is 22.0 Å². The molecule has 1 aromatic rings. The molecule has 0 saturated heterocycles. The van der Waals surface area contributed by atoms with Crippen molar-refractivity contribution in [3.05, 3.63) is 34.9 Å². The molecular weight excluding hydrogens is 304 g/mol. The van der Waals surface area contributed by atoms with E-state index >= 15 is 0 Å². The maximum absolute atomic E-state index is 12.4. The molecule has 1 aromatic carbocycles. The minimum absolute atomic E-state index is 0.113. The maximum atomic E-state index is 12.4. The molecule has 16 heavy (non-hydrogen) atoms. The van der Waals surface area contributed by atoms with Crippen LogP contribution in [-0.4, -0.2) is 5.33 Å². The second kappa shape index (κ2) is 5.92. The van der Waals surface area contributed by atoms with Crippen LogP contribution in [0.5, 0.6) is 0 Å². The SMILES string of the molecule is FC(F)(F)c1ccc(CCCBr)c(CCl)c1. The molecule has 0 nitrogen and oxygen atoms in total. The van der Waals surface area contributed by atoms with Gasteiger partial charge in [0, 0.05) is 11.2 Å². The smallest absolute Gasteiger partial charge is 0.166 e. The zero-order valence-electron chi connectivity index (χ0n) is 8.45. The third-order valence-electron chi connectivity index (χ3n) is 2.26. The topological polar surface area (TPSA) is 0 Å². The van der Waals surface area contributed by atoms with E-state index in [-0.39, 0.29) is 5.88 Å². The molecule has 1 rings (SSSR count). The highest BCUT2D eigenvalue weighted by molar-refractivity contribution is 9.09.